The number of carbonyl (C=O) groups excluding carboxylic acids is 2. The van der Waals surface area contributed by atoms with Crippen LogP contribution in [0.25, 0.3) is 0 Å². The van der Waals surface area contributed by atoms with E-state index < -0.39 is 5.97 Å². The van der Waals surface area contributed by atoms with Crippen LogP contribution in [0.4, 0.5) is 4.79 Å². The van der Waals surface area contributed by atoms with Crippen molar-refractivity contribution in [2.75, 3.05) is 19.6 Å². The maximum Gasteiger partial charge on any atom is 0.410 e. The van der Waals surface area contributed by atoms with Crippen molar-refractivity contribution in [3.05, 3.63) is 46.9 Å². The fourth-order valence-corrected chi connectivity index (χ4v) is 4.85. The lowest BCUT2D eigenvalue weighted by Gasteiger charge is -2.30. The second-order valence-corrected chi connectivity index (χ2v) is 9.27. The van der Waals surface area contributed by atoms with E-state index in [4.69, 9.17) is 22.1 Å². The Hall–Kier alpha value is -2.39. The van der Waals surface area contributed by atoms with E-state index in [9.17, 15) is 14.4 Å². The number of nitrogens with zero attached hydrogens (tertiary/aromatic N) is 2. The largest absolute Gasteiger partial charge is 0.481 e. The van der Waals surface area contributed by atoms with Gasteiger partial charge < -0.3 is 14.7 Å². The van der Waals surface area contributed by atoms with Crippen LogP contribution in [-0.2, 0) is 20.9 Å². The summed E-state index contributed by atoms with van der Waals surface area (Å²) in [6.45, 7) is 1.89. The van der Waals surface area contributed by atoms with E-state index in [0.717, 1.165) is 24.8 Å². The third-order valence-corrected chi connectivity index (χ3v) is 6.79. The molecule has 3 rings (SSSR count). The van der Waals surface area contributed by atoms with Gasteiger partial charge in [0.15, 0.2) is 0 Å². The van der Waals surface area contributed by atoms with Gasteiger partial charge in [0.2, 0.25) is 0 Å². The molecule has 0 bridgehead atoms. The molecule has 0 radical (unpaired) electrons. The van der Waals surface area contributed by atoms with Gasteiger partial charge in [-0.15, -0.1) is 0 Å². The third kappa shape index (κ3) is 6.80. The number of rotatable bonds is 8. The molecular formula is C22H26N2O5S2. The summed E-state index contributed by atoms with van der Waals surface area (Å²) >= 11 is 6.55. The van der Waals surface area contributed by atoms with Crippen molar-refractivity contribution in [1.82, 2.24) is 9.80 Å². The number of allylic oxidation sites excluding steroid dienone is 1. The molecule has 0 aromatic heterocycles. The summed E-state index contributed by atoms with van der Waals surface area (Å²) in [5.41, 5.74) is 0.964. The first-order valence-electron chi connectivity index (χ1n) is 10.4. The Balaban J connectivity index is 1.41. The van der Waals surface area contributed by atoms with Gasteiger partial charge in [-0.3, -0.25) is 14.5 Å². The first kappa shape index (κ1) is 23.3. The summed E-state index contributed by atoms with van der Waals surface area (Å²) in [6, 6.07) is 9.60. The van der Waals surface area contributed by atoms with Gasteiger partial charge in [0.1, 0.15) is 10.9 Å². The average Bonchev–Trinajstić information content (AvgIpc) is 3.04. The number of carboxylic acid groups (broad SMARTS) is 1. The zero-order valence-electron chi connectivity index (χ0n) is 17.2. The molecule has 2 fully saturated rings. The lowest BCUT2D eigenvalue weighted by molar-refractivity contribution is -0.137. The highest BCUT2D eigenvalue weighted by molar-refractivity contribution is 8.26. The van der Waals surface area contributed by atoms with E-state index in [1.54, 1.807) is 4.90 Å². The Morgan fingerprint density at radius 2 is 1.94 bits per heavy atom. The first-order valence-corrected chi connectivity index (χ1v) is 11.6. The predicted molar refractivity (Wildman–Crippen MR) is 122 cm³/mol. The van der Waals surface area contributed by atoms with Crippen molar-refractivity contribution in [3.8, 4) is 0 Å². The van der Waals surface area contributed by atoms with Gasteiger partial charge >= 0.3 is 12.1 Å². The topological polar surface area (TPSA) is 87.2 Å². The molecule has 2 aliphatic rings. The molecule has 2 heterocycles. The molecule has 31 heavy (non-hydrogen) atoms. The minimum absolute atomic E-state index is 0.0163. The number of amides is 2. The van der Waals surface area contributed by atoms with Crippen LogP contribution in [-0.4, -0.2) is 56.8 Å². The van der Waals surface area contributed by atoms with Gasteiger partial charge in [0, 0.05) is 26.1 Å². The quantitative estimate of drug-likeness (QED) is 0.461. The first-order chi connectivity index (χ1) is 14.9. The van der Waals surface area contributed by atoms with E-state index in [1.165, 1.54) is 16.7 Å². The third-order valence-electron chi connectivity index (χ3n) is 5.36. The van der Waals surface area contributed by atoms with Crippen molar-refractivity contribution in [1.29, 1.82) is 0 Å². The standard InChI is InChI=1S/C22H26N2O5S2/c25-19(26)7-4-12-24-20(27)18(31-22(24)30)9-8-16-10-13-23(14-11-16)21(28)29-15-17-5-2-1-3-6-17/h1-3,5-6,9,16H,4,7-8,10-15H2,(H,25,26)/b18-9+. The van der Waals surface area contributed by atoms with Gasteiger partial charge in [0.05, 0.1) is 4.91 Å². The molecule has 0 aliphatic carbocycles. The van der Waals surface area contributed by atoms with Crippen LogP contribution in [0.2, 0.25) is 0 Å². The van der Waals surface area contributed by atoms with Gasteiger partial charge in [0.25, 0.3) is 5.91 Å². The Morgan fingerprint density at radius 3 is 2.61 bits per heavy atom. The molecule has 0 spiro atoms. The molecule has 7 nitrogen and oxygen atoms in total. The molecular weight excluding hydrogens is 436 g/mol. The summed E-state index contributed by atoms with van der Waals surface area (Å²) in [5.74, 6) is -0.618. The second-order valence-electron chi connectivity index (χ2n) is 7.60. The van der Waals surface area contributed by atoms with E-state index in [1.807, 2.05) is 36.4 Å². The van der Waals surface area contributed by atoms with Gasteiger partial charge in [-0.2, -0.15) is 0 Å². The average molecular weight is 463 g/mol. The number of piperidine rings is 1. The lowest BCUT2D eigenvalue weighted by atomic mass is 9.93. The van der Waals surface area contributed by atoms with E-state index in [0.29, 0.717) is 41.2 Å². The predicted octanol–water partition coefficient (Wildman–Crippen LogP) is 4.03. The van der Waals surface area contributed by atoms with E-state index in [2.05, 4.69) is 0 Å². The molecule has 2 amide bonds. The Labute approximate surface area is 191 Å². The van der Waals surface area contributed by atoms with Crippen molar-refractivity contribution in [3.63, 3.8) is 0 Å². The van der Waals surface area contributed by atoms with Crippen LogP contribution in [0.1, 0.15) is 37.7 Å². The molecule has 2 saturated heterocycles. The number of hydrogen-bond acceptors (Lipinski definition) is 6. The molecule has 0 unspecified atom stereocenters. The van der Waals surface area contributed by atoms with Crippen LogP contribution in [0.5, 0.6) is 0 Å². The molecule has 1 N–H and O–H groups in total. The van der Waals surface area contributed by atoms with Gasteiger partial charge in [-0.05, 0) is 37.2 Å². The summed E-state index contributed by atoms with van der Waals surface area (Å²) in [6.07, 6.45) is 4.52. The summed E-state index contributed by atoms with van der Waals surface area (Å²) in [4.78, 5) is 39.3. The fourth-order valence-electron chi connectivity index (χ4n) is 3.55. The molecule has 2 aliphatic heterocycles. The van der Waals surface area contributed by atoms with Crippen LogP contribution < -0.4 is 0 Å². The van der Waals surface area contributed by atoms with Crippen LogP contribution in [0, 0.1) is 5.92 Å². The fraction of sp³-hybridized carbons (Fsp3) is 0.455. The Kier molecular flexibility index (Phi) is 8.48. The maximum absolute atomic E-state index is 12.5. The van der Waals surface area contributed by atoms with E-state index >= 15 is 0 Å². The number of aliphatic carboxylic acids is 1. The van der Waals surface area contributed by atoms with E-state index in [-0.39, 0.29) is 25.0 Å². The number of hydrogen-bond donors (Lipinski definition) is 1. The Bertz CT molecular complexity index is 851. The van der Waals surface area contributed by atoms with Crippen molar-refractivity contribution < 1.29 is 24.2 Å². The highest BCUT2D eigenvalue weighted by Gasteiger charge is 2.32. The van der Waals surface area contributed by atoms with Crippen LogP contribution in [0.3, 0.4) is 0 Å². The number of benzene rings is 1. The number of thioether (sulfide) groups is 1. The summed E-state index contributed by atoms with van der Waals surface area (Å²) in [5, 5.41) is 8.75. The lowest BCUT2D eigenvalue weighted by Crippen LogP contribution is -2.38. The molecule has 9 heteroatoms. The zero-order valence-corrected chi connectivity index (χ0v) is 18.8. The SMILES string of the molecule is O=C(O)CCCN1C(=O)/C(=C\CC2CCN(C(=O)OCc3ccccc3)CC2)SC1=S. The summed E-state index contributed by atoms with van der Waals surface area (Å²) in [7, 11) is 0. The zero-order chi connectivity index (χ0) is 22.2. The van der Waals surface area contributed by atoms with Crippen LogP contribution in [0.15, 0.2) is 41.3 Å². The van der Waals surface area contributed by atoms with Crippen LogP contribution >= 0.6 is 24.0 Å². The summed E-state index contributed by atoms with van der Waals surface area (Å²) < 4.78 is 5.88. The minimum Gasteiger partial charge on any atom is -0.481 e. The highest BCUT2D eigenvalue weighted by Crippen LogP contribution is 2.33. The van der Waals surface area contributed by atoms with Crippen molar-refractivity contribution in [2.45, 2.75) is 38.7 Å². The maximum atomic E-state index is 12.5. The second kappa shape index (κ2) is 11.3. The number of likely N-dealkylation sites (tertiary alicyclic amines) is 1. The number of thiocarbonyl (C=S) groups is 1. The number of carbonyl (C=O) groups is 3. The highest BCUT2D eigenvalue weighted by atomic mass is 32.2. The molecule has 0 saturated carbocycles. The molecule has 1 aromatic carbocycles. The number of carboxylic acids is 1. The van der Waals surface area contributed by atoms with Gasteiger partial charge in [-0.25, -0.2) is 4.79 Å². The molecule has 1 aromatic rings. The Morgan fingerprint density at radius 1 is 1.23 bits per heavy atom. The monoisotopic (exact) mass is 462 g/mol. The smallest absolute Gasteiger partial charge is 0.410 e. The van der Waals surface area contributed by atoms with Crippen molar-refractivity contribution in [2.24, 2.45) is 5.92 Å². The molecule has 166 valence electrons. The molecule has 0 atom stereocenters. The minimum atomic E-state index is -0.878. The number of ether oxygens (including phenoxy) is 1. The van der Waals surface area contributed by atoms with Gasteiger partial charge in [-0.1, -0.05) is 60.4 Å². The van der Waals surface area contributed by atoms with Crippen molar-refractivity contribution >= 4 is 46.3 Å². The normalized spacial score (nSPS) is 18.6.